The molecule has 1 aliphatic rings. The molecule has 10 heteroatoms. The Hall–Kier alpha value is -4.47. The van der Waals surface area contributed by atoms with Gasteiger partial charge in [0.2, 0.25) is 5.95 Å². The average Bonchev–Trinajstić information content (AvgIpc) is 3.34. The number of hydrogen-bond donors (Lipinski definition) is 3. The highest BCUT2D eigenvalue weighted by Gasteiger charge is 2.21. The van der Waals surface area contributed by atoms with Gasteiger partial charge in [0.05, 0.1) is 5.69 Å². The first-order valence-corrected chi connectivity index (χ1v) is 12.0. The fourth-order valence-corrected chi connectivity index (χ4v) is 4.44. The largest absolute Gasteiger partial charge is 0.465 e. The Morgan fingerprint density at radius 3 is 2.78 bits per heavy atom. The van der Waals surface area contributed by atoms with Crippen molar-refractivity contribution in [1.82, 2.24) is 30.0 Å². The van der Waals surface area contributed by atoms with Crippen LogP contribution in [0.2, 0.25) is 0 Å². The van der Waals surface area contributed by atoms with E-state index in [9.17, 15) is 4.79 Å². The van der Waals surface area contributed by atoms with Crippen LogP contribution in [0, 0.1) is 0 Å². The van der Waals surface area contributed by atoms with Crippen LogP contribution >= 0.6 is 0 Å². The fourth-order valence-electron chi connectivity index (χ4n) is 4.44. The Morgan fingerprint density at radius 1 is 1.17 bits per heavy atom. The Labute approximate surface area is 209 Å². The van der Waals surface area contributed by atoms with Gasteiger partial charge in [-0.05, 0) is 62.2 Å². The predicted octanol–water partition coefficient (Wildman–Crippen LogP) is 4.40. The maximum atomic E-state index is 11.0. The predicted molar refractivity (Wildman–Crippen MR) is 138 cm³/mol. The molecule has 1 atom stereocenters. The van der Waals surface area contributed by atoms with Crippen LogP contribution < -0.4 is 15.5 Å². The van der Waals surface area contributed by atoms with Crippen LogP contribution in [0.5, 0.6) is 0 Å². The summed E-state index contributed by atoms with van der Waals surface area (Å²) < 4.78 is 1.89. The van der Waals surface area contributed by atoms with Gasteiger partial charge in [-0.15, -0.1) is 0 Å². The number of nitrogens with zero attached hydrogens (tertiary/aromatic N) is 6. The summed E-state index contributed by atoms with van der Waals surface area (Å²) in [7, 11) is 0. The summed E-state index contributed by atoms with van der Waals surface area (Å²) in [4.78, 5) is 26.6. The van der Waals surface area contributed by atoms with Crippen LogP contribution in [0.4, 0.5) is 22.1 Å². The zero-order chi connectivity index (χ0) is 24.9. The third-order valence-electron chi connectivity index (χ3n) is 6.19. The molecule has 0 radical (unpaired) electrons. The van der Waals surface area contributed by atoms with Gasteiger partial charge in [0, 0.05) is 73.0 Å². The molecule has 4 heterocycles. The maximum absolute atomic E-state index is 11.0. The van der Waals surface area contributed by atoms with Crippen LogP contribution in [-0.4, -0.2) is 55.1 Å². The van der Waals surface area contributed by atoms with Gasteiger partial charge in [-0.3, -0.25) is 9.67 Å². The molecular formula is C26H28N8O2. The zero-order valence-corrected chi connectivity index (χ0v) is 20.0. The van der Waals surface area contributed by atoms with E-state index >= 15 is 0 Å². The van der Waals surface area contributed by atoms with Crippen molar-refractivity contribution in [2.45, 2.75) is 32.4 Å². The first kappa shape index (κ1) is 23.3. The third-order valence-corrected chi connectivity index (χ3v) is 6.19. The van der Waals surface area contributed by atoms with E-state index in [-0.39, 0.29) is 6.04 Å². The lowest BCUT2D eigenvalue weighted by atomic mass is 10.1. The Bertz CT molecular complexity index is 1320. The molecule has 0 saturated carbocycles. The van der Waals surface area contributed by atoms with Crippen molar-refractivity contribution >= 4 is 23.4 Å². The fraction of sp³-hybridized carbons (Fsp3) is 0.269. The van der Waals surface area contributed by atoms with Crippen molar-refractivity contribution < 1.29 is 9.90 Å². The maximum Gasteiger partial charge on any atom is 0.404 e. The lowest BCUT2D eigenvalue weighted by Gasteiger charge is -2.34. The van der Waals surface area contributed by atoms with E-state index in [1.54, 1.807) is 18.6 Å². The summed E-state index contributed by atoms with van der Waals surface area (Å²) in [6.07, 6.45) is 8.10. The second-order valence-electron chi connectivity index (χ2n) is 8.66. The molecule has 10 nitrogen and oxygen atoms in total. The van der Waals surface area contributed by atoms with Gasteiger partial charge in [0.15, 0.2) is 0 Å². The quantitative estimate of drug-likeness (QED) is 0.353. The molecule has 184 valence electrons. The molecule has 1 aliphatic heterocycles. The van der Waals surface area contributed by atoms with Crippen LogP contribution in [0.3, 0.4) is 0 Å². The van der Waals surface area contributed by atoms with E-state index in [0.717, 1.165) is 59.8 Å². The molecular weight excluding hydrogens is 456 g/mol. The summed E-state index contributed by atoms with van der Waals surface area (Å²) in [5.41, 5.74) is 5.37. The number of pyridine rings is 1. The molecule has 36 heavy (non-hydrogen) atoms. The van der Waals surface area contributed by atoms with Gasteiger partial charge < -0.3 is 20.6 Å². The number of nitrogens with one attached hydrogen (secondary N) is 2. The molecule has 1 saturated heterocycles. The van der Waals surface area contributed by atoms with Crippen LogP contribution in [0.1, 0.15) is 19.8 Å². The Balaban J connectivity index is 1.33. The number of aryl methyl sites for hydroxylation is 1. The monoisotopic (exact) mass is 484 g/mol. The number of carboxylic acid groups (broad SMARTS) is 1. The van der Waals surface area contributed by atoms with E-state index in [4.69, 9.17) is 15.2 Å². The molecule has 3 N–H and O–H groups in total. The normalized spacial score (nSPS) is 15.5. The first-order valence-electron chi connectivity index (χ1n) is 12.0. The van der Waals surface area contributed by atoms with Crippen LogP contribution in [-0.2, 0) is 6.54 Å². The SMILES string of the molecule is CCn1cc(-c2ccnc(Nc3ccc(N4CCC[C@H](NC(=O)O)C4)cc3)n2)c(-c2cccnc2)n1. The van der Waals surface area contributed by atoms with Crippen molar-refractivity contribution in [2.75, 3.05) is 23.3 Å². The summed E-state index contributed by atoms with van der Waals surface area (Å²) >= 11 is 0. The molecule has 1 amide bonds. The number of carbonyl (C=O) groups is 1. The molecule has 3 aromatic heterocycles. The topological polar surface area (TPSA) is 121 Å². The molecule has 0 bridgehead atoms. The highest BCUT2D eigenvalue weighted by Crippen LogP contribution is 2.30. The zero-order valence-electron chi connectivity index (χ0n) is 20.0. The first-order chi connectivity index (χ1) is 17.6. The second-order valence-corrected chi connectivity index (χ2v) is 8.66. The highest BCUT2D eigenvalue weighted by atomic mass is 16.4. The average molecular weight is 485 g/mol. The minimum absolute atomic E-state index is 0.0567. The summed E-state index contributed by atoms with van der Waals surface area (Å²) in [6.45, 7) is 4.36. The van der Waals surface area contributed by atoms with E-state index in [2.05, 4.69) is 25.5 Å². The summed E-state index contributed by atoms with van der Waals surface area (Å²) in [5.74, 6) is 0.491. The molecule has 1 aromatic carbocycles. The minimum Gasteiger partial charge on any atom is -0.465 e. The number of amides is 1. The number of aromatic nitrogens is 5. The van der Waals surface area contributed by atoms with Crippen LogP contribution in [0.15, 0.2) is 67.3 Å². The molecule has 0 aliphatic carbocycles. The summed E-state index contributed by atoms with van der Waals surface area (Å²) in [5, 5.41) is 19.6. The number of hydrogen-bond acceptors (Lipinski definition) is 7. The summed E-state index contributed by atoms with van der Waals surface area (Å²) in [6, 6.07) is 13.7. The van der Waals surface area contributed by atoms with Gasteiger partial charge in [-0.25, -0.2) is 14.8 Å². The minimum atomic E-state index is -0.974. The molecule has 1 fully saturated rings. The van der Waals surface area contributed by atoms with E-state index in [1.807, 2.05) is 60.3 Å². The Kier molecular flexibility index (Phi) is 6.74. The number of benzene rings is 1. The lowest BCUT2D eigenvalue weighted by molar-refractivity contribution is 0.188. The number of rotatable bonds is 7. The standard InChI is InChI=1S/C26H28N8O2/c1-2-34-17-22(24(32-34)18-5-3-12-27-15-18)23-11-13-28-25(31-23)29-19-7-9-21(10-8-19)33-14-4-6-20(16-33)30-26(35)36/h3,5,7-13,15,17,20,30H,2,4,6,14,16H2,1H3,(H,35,36)(H,28,29,31)/t20-/m0/s1. The van der Waals surface area contributed by atoms with Gasteiger partial charge in [0.25, 0.3) is 0 Å². The molecule has 4 aromatic rings. The van der Waals surface area contributed by atoms with E-state index in [1.165, 1.54) is 0 Å². The van der Waals surface area contributed by atoms with Gasteiger partial charge in [0.1, 0.15) is 5.69 Å². The van der Waals surface area contributed by atoms with Gasteiger partial charge >= 0.3 is 6.09 Å². The van der Waals surface area contributed by atoms with Gasteiger partial charge in [-0.1, -0.05) is 0 Å². The number of piperidine rings is 1. The van der Waals surface area contributed by atoms with E-state index < -0.39 is 6.09 Å². The van der Waals surface area contributed by atoms with Crippen molar-refractivity contribution in [3.8, 4) is 22.5 Å². The Morgan fingerprint density at radius 2 is 2.03 bits per heavy atom. The van der Waals surface area contributed by atoms with Crippen molar-refractivity contribution in [2.24, 2.45) is 0 Å². The molecule has 0 spiro atoms. The van der Waals surface area contributed by atoms with Crippen molar-refractivity contribution in [3.63, 3.8) is 0 Å². The van der Waals surface area contributed by atoms with Crippen LogP contribution in [0.25, 0.3) is 22.5 Å². The lowest BCUT2D eigenvalue weighted by Crippen LogP contribution is -2.47. The number of anilines is 3. The highest BCUT2D eigenvalue weighted by molar-refractivity contribution is 5.78. The smallest absolute Gasteiger partial charge is 0.404 e. The van der Waals surface area contributed by atoms with Crippen molar-refractivity contribution in [3.05, 3.63) is 67.3 Å². The third kappa shape index (κ3) is 5.27. The van der Waals surface area contributed by atoms with Gasteiger partial charge in [-0.2, -0.15) is 5.10 Å². The van der Waals surface area contributed by atoms with Crippen molar-refractivity contribution in [1.29, 1.82) is 0 Å². The van der Waals surface area contributed by atoms with E-state index in [0.29, 0.717) is 12.5 Å². The molecule has 5 rings (SSSR count). The molecule has 0 unspecified atom stereocenters. The second kappa shape index (κ2) is 10.4.